The Kier molecular flexibility index (Phi) is 15.2. The summed E-state index contributed by atoms with van der Waals surface area (Å²) in [6.07, 6.45) is 24.6. The normalized spacial score (nSPS) is 11.4. The molecule has 3 aromatic rings. The Morgan fingerprint density at radius 1 is 0.676 bits per heavy atom. The largest absolute Gasteiger partial charge is 0.494 e. The Labute approximate surface area is 235 Å². The highest BCUT2D eigenvalue weighted by molar-refractivity contribution is 8.00. The number of para-hydroxylation sites is 1. The number of thioether (sulfide) groups is 1. The molecule has 204 valence electrons. The van der Waals surface area contributed by atoms with E-state index in [0.717, 1.165) is 25.3 Å². The van der Waals surface area contributed by atoms with Gasteiger partial charge in [-0.15, -0.1) is 0 Å². The van der Waals surface area contributed by atoms with Gasteiger partial charge in [0.25, 0.3) is 4.34 Å². The number of unbranched alkanes of at least 4 members (excludes halogenated alkanes) is 15. The average Bonchev–Trinajstić information content (AvgIpc) is 3.28. The Morgan fingerprint density at radius 2 is 1.22 bits per heavy atom. The molecule has 1 heterocycles. The van der Waals surface area contributed by atoms with Gasteiger partial charge in [0, 0.05) is 11.6 Å². The summed E-state index contributed by atoms with van der Waals surface area (Å²) in [5, 5.41) is 0. The summed E-state index contributed by atoms with van der Waals surface area (Å²) in [4.78, 5) is 0. The van der Waals surface area contributed by atoms with E-state index in [4.69, 9.17) is 4.74 Å². The molecule has 0 aliphatic carbocycles. The summed E-state index contributed by atoms with van der Waals surface area (Å²) in [6.45, 7) is 4.03. The van der Waals surface area contributed by atoms with Crippen molar-refractivity contribution in [3.05, 3.63) is 54.1 Å². The van der Waals surface area contributed by atoms with Crippen molar-refractivity contribution in [2.75, 3.05) is 12.9 Å². The molecule has 0 saturated carbocycles. The van der Waals surface area contributed by atoms with Crippen LogP contribution in [0.1, 0.15) is 115 Å². The maximum atomic E-state index is 6.02. The molecule has 0 unspecified atom stereocenters. The number of fused-ring (bicyclic) bond motifs is 1. The predicted molar refractivity (Wildman–Crippen MR) is 164 cm³/mol. The maximum absolute atomic E-state index is 6.02. The van der Waals surface area contributed by atoms with Crippen LogP contribution in [-0.4, -0.2) is 12.9 Å². The van der Waals surface area contributed by atoms with Gasteiger partial charge >= 0.3 is 0 Å². The molecular weight excluding hydrogens is 491 g/mol. The molecule has 0 aliphatic heterocycles. The summed E-state index contributed by atoms with van der Waals surface area (Å²) in [5.41, 5.74) is 2.64. The third kappa shape index (κ3) is 11.4. The first-order chi connectivity index (χ1) is 18.3. The topological polar surface area (TPSA) is 13.1 Å². The first-order valence-corrected chi connectivity index (χ1v) is 17.0. The zero-order chi connectivity index (χ0) is 26.0. The van der Waals surface area contributed by atoms with Crippen molar-refractivity contribution in [3.8, 4) is 5.75 Å². The number of nitrogens with zero attached hydrogens (tertiary/aromatic N) is 1. The molecule has 0 N–H and O–H groups in total. The lowest BCUT2D eigenvalue weighted by Crippen LogP contribution is -2.34. The van der Waals surface area contributed by atoms with Gasteiger partial charge in [-0.3, -0.25) is 0 Å². The molecule has 0 bridgehead atoms. The first kappa shape index (κ1) is 30.0. The summed E-state index contributed by atoms with van der Waals surface area (Å²) in [5.74, 6) is 0.995. The van der Waals surface area contributed by atoms with Gasteiger partial charge in [0.2, 0.25) is 5.52 Å². The highest BCUT2D eigenvalue weighted by Gasteiger charge is 2.19. The number of benzene rings is 2. The van der Waals surface area contributed by atoms with Crippen LogP contribution in [0.4, 0.5) is 0 Å². The second kappa shape index (κ2) is 18.7. The summed E-state index contributed by atoms with van der Waals surface area (Å²) in [7, 11) is 0. The number of aromatic nitrogens is 1. The van der Waals surface area contributed by atoms with E-state index < -0.39 is 0 Å². The second-order valence-corrected chi connectivity index (χ2v) is 12.5. The van der Waals surface area contributed by atoms with Crippen molar-refractivity contribution in [3.63, 3.8) is 0 Å². The Balaban J connectivity index is 1.18. The Hall–Kier alpha value is -1.52. The van der Waals surface area contributed by atoms with Gasteiger partial charge in [-0.1, -0.05) is 127 Å². The van der Waals surface area contributed by atoms with Crippen molar-refractivity contribution in [1.29, 1.82) is 0 Å². The number of hydrogen-bond acceptors (Lipinski definition) is 3. The van der Waals surface area contributed by atoms with Gasteiger partial charge in [0.05, 0.1) is 6.61 Å². The van der Waals surface area contributed by atoms with E-state index in [1.165, 1.54) is 116 Å². The molecule has 0 amide bonds. The van der Waals surface area contributed by atoms with E-state index in [1.54, 1.807) is 0 Å². The van der Waals surface area contributed by atoms with Crippen LogP contribution in [0.15, 0.2) is 52.9 Å². The zero-order valence-electron chi connectivity index (χ0n) is 23.5. The molecule has 0 atom stereocenters. The molecule has 37 heavy (non-hydrogen) atoms. The quantitative estimate of drug-likeness (QED) is 0.0757. The van der Waals surface area contributed by atoms with E-state index in [0.29, 0.717) is 0 Å². The predicted octanol–water partition coefficient (Wildman–Crippen LogP) is 10.6. The molecule has 0 fully saturated rings. The van der Waals surface area contributed by atoms with Crippen LogP contribution in [0.3, 0.4) is 0 Å². The molecule has 0 radical (unpaired) electrons. The highest BCUT2D eigenvalue weighted by Crippen LogP contribution is 2.27. The SMILES string of the molecule is CCCCCCCCCCCCCCCCCCOc1ccc(C[n+]2c(SC)sc3ccccc32)cc1. The Bertz CT molecular complexity index is 982. The number of rotatable bonds is 21. The monoisotopic (exact) mass is 540 g/mol. The van der Waals surface area contributed by atoms with Crippen LogP contribution in [0.5, 0.6) is 5.75 Å². The molecule has 2 nitrogen and oxygen atoms in total. The number of ether oxygens (including phenoxy) is 1. The van der Waals surface area contributed by atoms with Crippen LogP contribution in [0, 0.1) is 0 Å². The van der Waals surface area contributed by atoms with Crippen molar-refractivity contribution >= 4 is 33.3 Å². The van der Waals surface area contributed by atoms with Gasteiger partial charge in [0.15, 0.2) is 6.54 Å². The molecular formula is C33H50NOS2+. The molecule has 3 rings (SSSR count). The molecule has 1 aromatic heterocycles. The van der Waals surface area contributed by atoms with Gasteiger partial charge in [-0.25, -0.2) is 0 Å². The molecule has 0 aliphatic rings. The lowest BCUT2D eigenvalue weighted by Gasteiger charge is -2.07. The maximum Gasteiger partial charge on any atom is 0.298 e. The lowest BCUT2D eigenvalue weighted by atomic mass is 10.0. The standard InChI is InChI=1S/C33H50NOS2/c1-3-4-5-6-7-8-9-10-11-12-13-14-15-16-17-20-27-35-30-25-23-29(24-26-30)28-34-31-21-18-19-22-32(31)37-33(34)36-2/h18-19,21-26H,3-17,20,27-28H2,1-2H3/q+1. The van der Waals surface area contributed by atoms with Crippen LogP contribution in [0.25, 0.3) is 10.2 Å². The van der Waals surface area contributed by atoms with Gasteiger partial charge in [-0.2, -0.15) is 4.57 Å². The summed E-state index contributed by atoms with van der Waals surface area (Å²) < 4.78 is 11.2. The van der Waals surface area contributed by atoms with Crippen molar-refractivity contribution in [1.82, 2.24) is 0 Å². The van der Waals surface area contributed by atoms with Gasteiger partial charge in [-0.05, 0) is 54.8 Å². The molecule has 2 aromatic carbocycles. The third-order valence-electron chi connectivity index (χ3n) is 7.28. The van der Waals surface area contributed by atoms with Crippen molar-refractivity contribution < 1.29 is 9.30 Å². The second-order valence-electron chi connectivity index (χ2n) is 10.4. The minimum Gasteiger partial charge on any atom is -0.494 e. The first-order valence-electron chi connectivity index (χ1n) is 15.0. The summed E-state index contributed by atoms with van der Waals surface area (Å²) >= 11 is 3.70. The lowest BCUT2D eigenvalue weighted by molar-refractivity contribution is -0.693. The van der Waals surface area contributed by atoms with Crippen LogP contribution in [0.2, 0.25) is 0 Å². The minimum atomic E-state index is 0.832. The fraction of sp³-hybridized carbons (Fsp3) is 0.606. The minimum absolute atomic E-state index is 0.832. The number of thiazole rings is 1. The molecule has 0 saturated heterocycles. The van der Waals surface area contributed by atoms with Gasteiger partial charge in [0.1, 0.15) is 10.4 Å². The van der Waals surface area contributed by atoms with Crippen molar-refractivity contribution in [2.24, 2.45) is 0 Å². The van der Waals surface area contributed by atoms with Crippen LogP contribution < -0.4 is 9.30 Å². The number of hydrogen-bond donors (Lipinski definition) is 0. The van der Waals surface area contributed by atoms with E-state index in [9.17, 15) is 0 Å². The van der Waals surface area contributed by atoms with Crippen LogP contribution in [-0.2, 0) is 6.54 Å². The fourth-order valence-electron chi connectivity index (χ4n) is 5.03. The van der Waals surface area contributed by atoms with Gasteiger partial charge < -0.3 is 4.74 Å². The molecule has 4 heteroatoms. The zero-order valence-corrected chi connectivity index (χ0v) is 25.2. The summed E-state index contributed by atoms with van der Waals surface area (Å²) in [6, 6.07) is 17.4. The van der Waals surface area contributed by atoms with Crippen LogP contribution >= 0.6 is 23.1 Å². The smallest absolute Gasteiger partial charge is 0.298 e. The average molecular weight is 541 g/mol. The van der Waals surface area contributed by atoms with Crippen molar-refractivity contribution in [2.45, 2.75) is 121 Å². The van der Waals surface area contributed by atoms with E-state index in [2.05, 4.69) is 66.3 Å². The van der Waals surface area contributed by atoms with E-state index in [-0.39, 0.29) is 0 Å². The van der Waals surface area contributed by atoms with E-state index in [1.807, 2.05) is 23.1 Å². The Morgan fingerprint density at radius 3 is 1.78 bits per heavy atom. The fourth-order valence-corrected chi connectivity index (χ4v) is 6.91. The highest BCUT2D eigenvalue weighted by atomic mass is 32.2. The third-order valence-corrected chi connectivity index (χ3v) is 9.56. The van der Waals surface area contributed by atoms with E-state index >= 15 is 0 Å². The molecule has 0 spiro atoms.